The molecule has 0 aliphatic rings. The number of carboxylic acids is 1. The van der Waals surface area contributed by atoms with E-state index in [0.717, 1.165) is 10.4 Å². The van der Waals surface area contributed by atoms with E-state index in [1.165, 1.54) is 39.4 Å². The van der Waals surface area contributed by atoms with Gasteiger partial charge in [-0.3, -0.25) is 4.79 Å². The third-order valence-corrected chi connectivity index (χ3v) is 5.20. The number of furan rings is 1. The van der Waals surface area contributed by atoms with E-state index in [4.69, 9.17) is 9.15 Å². The summed E-state index contributed by atoms with van der Waals surface area (Å²) in [6.07, 6.45) is 0. The van der Waals surface area contributed by atoms with Crippen molar-refractivity contribution in [3.63, 3.8) is 0 Å². The summed E-state index contributed by atoms with van der Waals surface area (Å²) in [4.78, 5) is 23.8. The van der Waals surface area contributed by atoms with Crippen molar-refractivity contribution in [3.05, 3.63) is 47.7 Å². The number of aliphatic carboxylic acids is 1. The lowest BCUT2D eigenvalue weighted by atomic mass is 10.1. The molecular weight excluding hydrogens is 364 g/mol. The quantitative estimate of drug-likeness (QED) is 0.734. The number of benzene rings is 1. The first kappa shape index (κ1) is 19.5. The van der Waals surface area contributed by atoms with Gasteiger partial charge in [0.1, 0.15) is 5.75 Å². The predicted octanol–water partition coefficient (Wildman–Crippen LogP) is 1.09. The molecule has 0 aliphatic carbocycles. The lowest BCUT2D eigenvalue weighted by molar-refractivity contribution is -0.139. The van der Waals surface area contributed by atoms with Crippen LogP contribution in [0.3, 0.4) is 0 Å². The summed E-state index contributed by atoms with van der Waals surface area (Å²) in [7, 11) is 0.278. The van der Waals surface area contributed by atoms with Crippen LogP contribution in [-0.4, -0.2) is 50.9 Å². The molecule has 1 amide bonds. The molecule has 0 fully saturated rings. The van der Waals surface area contributed by atoms with Crippen LogP contribution < -0.4 is 10.1 Å². The second kappa shape index (κ2) is 7.58. The summed E-state index contributed by atoms with van der Waals surface area (Å²) in [5.41, 5.74) is 0.319. The minimum atomic E-state index is -3.84. The fraction of sp³-hybridized carbons (Fsp3) is 0.250. The van der Waals surface area contributed by atoms with E-state index in [1.54, 1.807) is 12.1 Å². The van der Waals surface area contributed by atoms with Crippen molar-refractivity contribution < 1.29 is 32.3 Å². The van der Waals surface area contributed by atoms with E-state index < -0.39 is 33.0 Å². The zero-order valence-electron chi connectivity index (χ0n) is 14.3. The third-order valence-electron chi connectivity index (χ3n) is 3.51. The maximum absolute atomic E-state index is 12.3. The Bertz CT molecular complexity index is 901. The molecule has 1 heterocycles. The highest BCUT2D eigenvalue weighted by atomic mass is 32.2. The van der Waals surface area contributed by atoms with Gasteiger partial charge < -0.3 is 19.6 Å². The van der Waals surface area contributed by atoms with Crippen LogP contribution >= 0.6 is 0 Å². The molecule has 26 heavy (non-hydrogen) atoms. The van der Waals surface area contributed by atoms with E-state index in [-0.39, 0.29) is 5.76 Å². The van der Waals surface area contributed by atoms with E-state index in [2.05, 4.69) is 5.32 Å². The fourth-order valence-corrected chi connectivity index (χ4v) is 2.84. The molecule has 10 heteroatoms. The molecule has 1 unspecified atom stereocenters. The normalized spacial score (nSPS) is 12.6. The summed E-state index contributed by atoms with van der Waals surface area (Å²) in [5.74, 6) is -1.91. The zero-order valence-corrected chi connectivity index (χ0v) is 15.1. The number of nitrogens with zero attached hydrogens (tertiary/aromatic N) is 1. The topological polar surface area (TPSA) is 126 Å². The molecule has 2 rings (SSSR count). The van der Waals surface area contributed by atoms with E-state index in [9.17, 15) is 23.1 Å². The molecular formula is C16H18N2O7S. The lowest BCUT2D eigenvalue weighted by Crippen LogP contribution is -2.33. The number of hydrogen-bond donors (Lipinski definition) is 2. The highest BCUT2D eigenvalue weighted by Gasteiger charge is 2.27. The molecule has 0 saturated carbocycles. The molecule has 9 nitrogen and oxygen atoms in total. The molecule has 0 spiro atoms. The molecule has 0 bridgehead atoms. The summed E-state index contributed by atoms with van der Waals surface area (Å²) < 4.78 is 35.0. The average molecular weight is 382 g/mol. The van der Waals surface area contributed by atoms with Gasteiger partial charge in [0.2, 0.25) is 5.09 Å². The van der Waals surface area contributed by atoms with Crippen LogP contribution in [0.4, 0.5) is 0 Å². The van der Waals surface area contributed by atoms with Crippen LogP contribution in [0.25, 0.3) is 0 Å². The number of carboxylic acid groups (broad SMARTS) is 1. The van der Waals surface area contributed by atoms with Gasteiger partial charge in [-0.25, -0.2) is 17.5 Å². The van der Waals surface area contributed by atoms with Gasteiger partial charge in [0.15, 0.2) is 11.8 Å². The van der Waals surface area contributed by atoms with Gasteiger partial charge in [0.25, 0.3) is 15.9 Å². The minimum Gasteiger partial charge on any atom is -0.497 e. The molecule has 0 radical (unpaired) electrons. The van der Waals surface area contributed by atoms with Crippen molar-refractivity contribution >= 4 is 21.9 Å². The standard InChI is InChI=1S/C16H18N2O7S/c1-18(2)26(22,23)13-9-8-12(25-13)15(19)17-14(16(20)21)10-4-6-11(24-3)7-5-10/h4-9,14H,1-3H3,(H,17,19)(H,20,21). The van der Waals surface area contributed by atoms with Crippen molar-refractivity contribution in [2.45, 2.75) is 11.1 Å². The Balaban J connectivity index is 2.23. The number of ether oxygens (including phenoxy) is 1. The molecule has 1 aromatic carbocycles. The van der Waals surface area contributed by atoms with Crippen LogP contribution in [0, 0.1) is 0 Å². The Morgan fingerprint density at radius 3 is 2.27 bits per heavy atom. The molecule has 1 atom stereocenters. The van der Waals surface area contributed by atoms with Crippen molar-refractivity contribution in [1.29, 1.82) is 0 Å². The molecule has 2 aromatic rings. The van der Waals surface area contributed by atoms with Crippen LogP contribution in [0.1, 0.15) is 22.2 Å². The number of carbonyl (C=O) groups is 2. The molecule has 0 saturated heterocycles. The first-order valence-electron chi connectivity index (χ1n) is 7.37. The number of nitrogens with one attached hydrogen (secondary N) is 1. The highest BCUT2D eigenvalue weighted by Crippen LogP contribution is 2.20. The lowest BCUT2D eigenvalue weighted by Gasteiger charge is -2.14. The summed E-state index contributed by atoms with van der Waals surface area (Å²) in [6.45, 7) is 0. The van der Waals surface area contributed by atoms with Gasteiger partial charge in [-0.05, 0) is 29.8 Å². The molecule has 140 valence electrons. The van der Waals surface area contributed by atoms with Crippen molar-refractivity contribution in [1.82, 2.24) is 9.62 Å². The van der Waals surface area contributed by atoms with E-state index >= 15 is 0 Å². The maximum atomic E-state index is 12.3. The van der Waals surface area contributed by atoms with Gasteiger partial charge >= 0.3 is 5.97 Å². The molecule has 0 aliphatic heterocycles. The SMILES string of the molecule is COc1ccc(C(NC(=O)c2ccc(S(=O)(=O)N(C)C)o2)C(=O)O)cc1. The van der Waals surface area contributed by atoms with Gasteiger partial charge in [0, 0.05) is 14.1 Å². The number of methoxy groups -OCH3 is 1. The van der Waals surface area contributed by atoms with Gasteiger partial charge in [0.05, 0.1) is 7.11 Å². The Morgan fingerprint density at radius 2 is 1.77 bits per heavy atom. The highest BCUT2D eigenvalue weighted by molar-refractivity contribution is 7.88. The fourth-order valence-electron chi connectivity index (χ4n) is 2.05. The van der Waals surface area contributed by atoms with Crippen molar-refractivity contribution in [2.75, 3.05) is 21.2 Å². The monoisotopic (exact) mass is 382 g/mol. The predicted molar refractivity (Wildman–Crippen MR) is 90.4 cm³/mol. The Labute approximate surface area is 150 Å². The largest absolute Gasteiger partial charge is 0.497 e. The summed E-state index contributed by atoms with van der Waals surface area (Å²) >= 11 is 0. The minimum absolute atomic E-state index is 0.315. The number of hydrogen-bond acceptors (Lipinski definition) is 6. The average Bonchev–Trinajstić information content (AvgIpc) is 3.10. The zero-order chi connectivity index (χ0) is 19.5. The first-order valence-corrected chi connectivity index (χ1v) is 8.81. The number of amides is 1. The van der Waals surface area contributed by atoms with E-state index in [1.807, 2.05) is 0 Å². The Kier molecular flexibility index (Phi) is 5.68. The number of rotatable bonds is 7. The molecule has 1 aromatic heterocycles. The van der Waals surface area contributed by atoms with Gasteiger partial charge in [-0.15, -0.1) is 0 Å². The van der Waals surface area contributed by atoms with E-state index in [0.29, 0.717) is 11.3 Å². The van der Waals surface area contributed by atoms with Crippen molar-refractivity contribution in [3.8, 4) is 5.75 Å². The maximum Gasteiger partial charge on any atom is 0.330 e. The van der Waals surface area contributed by atoms with Crippen LogP contribution in [0.2, 0.25) is 0 Å². The second-order valence-corrected chi connectivity index (χ2v) is 7.51. The summed E-state index contributed by atoms with van der Waals surface area (Å²) in [5, 5.41) is 11.3. The summed E-state index contributed by atoms with van der Waals surface area (Å²) in [6, 6.07) is 7.08. The van der Waals surface area contributed by atoms with Gasteiger partial charge in [-0.1, -0.05) is 12.1 Å². The van der Waals surface area contributed by atoms with Crippen LogP contribution in [0.5, 0.6) is 5.75 Å². The smallest absolute Gasteiger partial charge is 0.330 e. The van der Waals surface area contributed by atoms with Crippen LogP contribution in [0.15, 0.2) is 45.9 Å². The third kappa shape index (κ3) is 4.03. The Hall–Kier alpha value is -2.85. The number of sulfonamides is 1. The Morgan fingerprint density at radius 1 is 1.15 bits per heavy atom. The van der Waals surface area contributed by atoms with Crippen LogP contribution in [-0.2, 0) is 14.8 Å². The number of carbonyl (C=O) groups excluding carboxylic acids is 1. The second-order valence-electron chi connectivity index (χ2n) is 5.42. The van der Waals surface area contributed by atoms with Gasteiger partial charge in [-0.2, -0.15) is 0 Å². The first-order chi connectivity index (χ1) is 12.2. The van der Waals surface area contributed by atoms with Crippen molar-refractivity contribution in [2.24, 2.45) is 0 Å². The molecule has 2 N–H and O–H groups in total.